The molecule has 0 N–H and O–H groups in total. The molecule has 0 amide bonds. The second kappa shape index (κ2) is 9.47. The van der Waals surface area contributed by atoms with E-state index in [2.05, 4.69) is 62.0 Å². The zero-order valence-corrected chi connectivity index (χ0v) is 15.6. The standard InChI is InChI=1S/C20H24.C4H8/c1-16-7-5-6-10-20(16)19-13-11-18(12-14-19)15-17-8-3-2-4-9-17;1-4(2)3/h5-7,10-14,17H,2-4,8-9,15H2,1H3;1H2,2-3H3. The van der Waals surface area contributed by atoms with Crippen molar-refractivity contribution in [2.75, 3.05) is 0 Å². The summed E-state index contributed by atoms with van der Waals surface area (Å²) in [7, 11) is 0. The fraction of sp³-hybridized carbons (Fsp3) is 0.417. The molecule has 0 aromatic heterocycles. The molecular weight excluding hydrogens is 288 g/mol. The maximum Gasteiger partial charge on any atom is -0.0155 e. The number of rotatable bonds is 3. The van der Waals surface area contributed by atoms with E-state index in [-0.39, 0.29) is 0 Å². The van der Waals surface area contributed by atoms with Gasteiger partial charge in [0.15, 0.2) is 0 Å². The Labute approximate surface area is 148 Å². The van der Waals surface area contributed by atoms with Crippen LogP contribution >= 0.6 is 0 Å². The van der Waals surface area contributed by atoms with Gasteiger partial charge in [-0.25, -0.2) is 0 Å². The summed E-state index contributed by atoms with van der Waals surface area (Å²) in [6, 6.07) is 17.9. The summed E-state index contributed by atoms with van der Waals surface area (Å²) in [5, 5.41) is 0. The Balaban J connectivity index is 0.000000471. The molecule has 0 heteroatoms. The lowest BCUT2D eigenvalue weighted by Gasteiger charge is -2.21. The van der Waals surface area contributed by atoms with Crippen LogP contribution in [-0.4, -0.2) is 0 Å². The number of benzene rings is 2. The van der Waals surface area contributed by atoms with E-state index in [1.54, 1.807) is 0 Å². The zero-order chi connectivity index (χ0) is 17.4. The van der Waals surface area contributed by atoms with Crippen LogP contribution < -0.4 is 0 Å². The van der Waals surface area contributed by atoms with Gasteiger partial charge in [-0.15, -0.1) is 6.58 Å². The Hall–Kier alpha value is -1.82. The van der Waals surface area contributed by atoms with E-state index in [0.717, 1.165) is 5.92 Å². The Morgan fingerprint density at radius 2 is 1.50 bits per heavy atom. The predicted molar refractivity (Wildman–Crippen MR) is 107 cm³/mol. The molecule has 1 aliphatic rings. The van der Waals surface area contributed by atoms with Crippen molar-refractivity contribution in [3.63, 3.8) is 0 Å². The molecule has 1 fully saturated rings. The Morgan fingerprint density at radius 1 is 0.917 bits per heavy atom. The SMILES string of the molecule is C=C(C)C.Cc1ccccc1-c1ccc(CC2CCCCC2)cc1. The molecule has 0 radical (unpaired) electrons. The van der Waals surface area contributed by atoms with Gasteiger partial charge in [0.1, 0.15) is 0 Å². The summed E-state index contributed by atoms with van der Waals surface area (Å²) in [6.45, 7) is 9.69. The van der Waals surface area contributed by atoms with Crippen LogP contribution in [0.3, 0.4) is 0 Å². The molecule has 0 aliphatic heterocycles. The quantitative estimate of drug-likeness (QED) is 0.518. The lowest BCUT2D eigenvalue weighted by Crippen LogP contribution is -2.09. The largest absolute Gasteiger partial charge is 0.100 e. The van der Waals surface area contributed by atoms with Crippen LogP contribution in [-0.2, 0) is 6.42 Å². The highest BCUT2D eigenvalue weighted by Crippen LogP contribution is 2.28. The van der Waals surface area contributed by atoms with Crippen molar-refractivity contribution in [1.29, 1.82) is 0 Å². The minimum atomic E-state index is 0.924. The van der Waals surface area contributed by atoms with Crippen LogP contribution in [0.25, 0.3) is 11.1 Å². The summed E-state index contributed by atoms with van der Waals surface area (Å²) in [4.78, 5) is 0. The highest BCUT2D eigenvalue weighted by atomic mass is 14.2. The van der Waals surface area contributed by atoms with Crippen molar-refractivity contribution < 1.29 is 0 Å². The van der Waals surface area contributed by atoms with Gasteiger partial charge in [0.05, 0.1) is 0 Å². The molecule has 0 atom stereocenters. The minimum absolute atomic E-state index is 0.924. The molecule has 1 saturated carbocycles. The molecule has 0 unspecified atom stereocenters. The van der Waals surface area contributed by atoms with E-state index in [4.69, 9.17) is 0 Å². The molecule has 0 bridgehead atoms. The normalized spacial score (nSPS) is 14.6. The first kappa shape index (κ1) is 18.5. The van der Waals surface area contributed by atoms with Crippen molar-refractivity contribution in [2.24, 2.45) is 5.92 Å². The second-order valence-corrected chi connectivity index (χ2v) is 7.43. The van der Waals surface area contributed by atoms with Crippen LogP contribution in [0.4, 0.5) is 0 Å². The summed E-state index contributed by atoms with van der Waals surface area (Å²) < 4.78 is 0. The molecule has 128 valence electrons. The fourth-order valence-corrected chi connectivity index (χ4v) is 3.44. The molecular formula is C24H32. The molecule has 0 saturated heterocycles. The average Bonchev–Trinajstić information content (AvgIpc) is 2.57. The van der Waals surface area contributed by atoms with Crippen LogP contribution in [0, 0.1) is 12.8 Å². The third-order valence-corrected chi connectivity index (χ3v) is 4.66. The first-order valence-electron chi connectivity index (χ1n) is 9.33. The highest BCUT2D eigenvalue weighted by molar-refractivity contribution is 5.67. The van der Waals surface area contributed by atoms with Crippen LogP contribution in [0.2, 0.25) is 0 Å². The van der Waals surface area contributed by atoms with Gasteiger partial charge >= 0.3 is 0 Å². The molecule has 2 aromatic rings. The molecule has 0 spiro atoms. The maximum absolute atomic E-state index is 3.56. The molecule has 0 heterocycles. The fourth-order valence-electron chi connectivity index (χ4n) is 3.44. The topological polar surface area (TPSA) is 0 Å². The number of aryl methyl sites for hydroxylation is 1. The third kappa shape index (κ3) is 6.00. The third-order valence-electron chi connectivity index (χ3n) is 4.66. The predicted octanol–water partition coefficient (Wildman–Crippen LogP) is 7.37. The van der Waals surface area contributed by atoms with E-state index in [1.165, 1.54) is 66.4 Å². The second-order valence-electron chi connectivity index (χ2n) is 7.43. The first-order valence-corrected chi connectivity index (χ1v) is 9.33. The summed E-state index contributed by atoms with van der Waals surface area (Å²) in [6.07, 6.45) is 8.45. The number of hydrogen-bond donors (Lipinski definition) is 0. The summed E-state index contributed by atoms with van der Waals surface area (Å²) in [5.41, 5.74) is 6.73. The molecule has 24 heavy (non-hydrogen) atoms. The maximum atomic E-state index is 3.56. The first-order chi connectivity index (χ1) is 11.6. The smallest absolute Gasteiger partial charge is 0.0155 e. The number of allylic oxidation sites excluding steroid dienone is 1. The molecule has 2 aromatic carbocycles. The van der Waals surface area contributed by atoms with Gasteiger partial charge in [-0.05, 0) is 55.4 Å². The molecule has 1 aliphatic carbocycles. The zero-order valence-electron chi connectivity index (χ0n) is 15.6. The van der Waals surface area contributed by atoms with Crippen molar-refractivity contribution in [2.45, 2.75) is 59.3 Å². The van der Waals surface area contributed by atoms with Crippen molar-refractivity contribution >= 4 is 0 Å². The van der Waals surface area contributed by atoms with E-state index >= 15 is 0 Å². The Bertz CT molecular complexity index is 623. The summed E-state index contributed by atoms with van der Waals surface area (Å²) in [5.74, 6) is 0.924. The summed E-state index contributed by atoms with van der Waals surface area (Å²) >= 11 is 0. The molecule has 3 rings (SSSR count). The number of hydrogen-bond acceptors (Lipinski definition) is 0. The van der Waals surface area contributed by atoms with Crippen LogP contribution in [0.1, 0.15) is 57.1 Å². The van der Waals surface area contributed by atoms with Crippen molar-refractivity contribution in [3.8, 4) is 11.1 Å². The van der Waals surface area contributed by atoms with Gasteiger partial charge < -0.3 is 0 Å². The monoisotopic (exact) mass is 320 g/mol. The van der Waals surface area contributed by atoms with E-state index in [0.29, 0.717) is 0 Å². The van der Waals surface area contributed by atoms with Gasteiger partial charge in [-0.1, -0.05) is 86.2 Å². The van der Waals surface area contributed by atoms with Crippen LogP contribution in [0.5, 0.6) is 0 Å². The van der Waals surface area contributed by atoms with Crippen molar-refractivity contribution in [1.82, 2.24) is 0 Å². The lowest BCUT2D eigenvalue weighted by molar-refractivity contribution is 0.356. The van der Waals surface area contributed by atoms with Crippen molar-refractivity contribution in [3.05, 3.63) is 71.8 Å². The minimum Gasteiger partial charge on any atom is -0.100 e. The van der Waals surface area contributed by atoms with Gasteiger partial charge in [0.2, 0.25) is 0 Å². The van der Waals surface area contributed by atoms with E-state index in [9.17, 15) is 0 Å². The highest BCUT2D eigenvalue weighted by Gasteiger charge is 2.13. The Morgan fingerprint density at radius 3 is 2.08 bits per heavy atom. The van der Waals surface area contributed by atoms with Gasteiger partial charge in [0, 0.05) is 0 Å². The Kier molecular flexibility index (Phi) is 7.31. The van der Waals surface area contributed by atoms with Gasteiger partial charge in [-0.3, -0.25) is 0 Å². The average molecular weight is 321 g/mol. The molecule has 0 nitrogen and oxygen atoms in total. The van der Waals surface area contributed by atoms with Gasteiger partial charge in [0.25, 0.3) is 0 Å². The van der Waals surface area contributed by atoms with E-state index in [1.807, 2.05) is 13.8 Å². The lowest BCUT2D eigenvalue weighted by atomic mass is 9.84. The van der Waals surface area contributed by atoms with Gasteiger partial charge in [-0.2, -0.15) is 0 Å². The van der Waals surface area contributed by atoms with Crippen LogP contribution in [0.15, 0.2) is 60.7 Å². The van der Waals surface area contributed by atoms with E-state index < -0.39 is 0 Å².